The van der Waals surface area contributed by atoms with E-state index >= 15 is 0 Å². The Kier molecular flexibility index (Phi) is 5.20. The van der Waals surface area contributed by atoms with E-state index in [1.54, 1.807) is 12.1 Å². The summed E-state index contributed by atoms with van der Waals surface area (Å²) in [7, 11) is 0. The van der Waals surface area contributed by atoms with E-state index in [0.29, 0.717) is 31.2 Å². The molecule has 2 heterocycles. The molecule has 4 rings (SSSR count). The van der Waals surface area contributed by atoms with Crippen LogP contribution in [-0.2, 0) is 14.4 Å². The second-order valence-corrected chi connectivity index (χ2v) is 7.36. The summed E-state index contributed by atoms with van der Waals surface area (Å²) >= 11 is 0. The van der Waals surface area contributed by atoms with Gasteiger partial charge in [-0.25, -0.2) is 4.79 Å². The average Bonchev–Trinajstić information content (AvgIpc) is 3.03. The molecule has 2 saturated heterocycles. The van der Waals surface area contributed by atoms with Crippen LogP contribution in [-0.4, -0.2) is 54.0 Å². The van der Waals surface area contributed by atoms with Crippen LogP contribution >= 0.6 is 0 Å². The first-order valence-corrected chi connectivity index (χ1v) is 9.73. The molecule has 2 aromatic carbocycles. The number of carbonyl (C=O) groups excluding carboxylic acids is 3. The number of hydrogen-bond donors (Lipinski definition) is 0. The lowest BCUT2D eigenvalue weighted by atomic mass is 9.98. The zero-order chi connectivity index (χ0) is 20.4. The number of benzene rings is 2. The van der Waals surface area contributed by atoms with E-state index in [1.807, 2.05) is 25.1 Å². The summed E-state index contributed by atoms with van der Waals surface area (Å²) < 4.78 is 0. The van der Waals surface area contributed by atoms with Crippen LogP contribution in [0.5, 0.6) is 0 Å². The van der Waals surface area contributed by atoms with Crippen molar-refractivity contribution in [3.05, 3.63) is 65.7 Å². The van der Waals surface area contributed by atoms with Crippen LogP contribution in [0.3, 0.4) is 0 Å². The van der Waals surface area contributed by atoms with Crippen LogP contribution in [0, 0.1) is 6.92 Å². The summed E-state index contributed by atoms with van der Waals surface area (Å²) in [6, 6.07) is 17.3. The number of carbonyl (C=O) groups is 3. The third kappa shape index (κ3) is 3.94. The zero-order valence-corrected chi connectivity index (χ0v) is 16.3. The van der Waals surface area contributed by atoms with E-state index in [2.05, 4.69) is 29.2 Å². The van der Waals surface area contributed by atoms with Crippen LogP contribution in [0.2, 0.25) is 0 Å². The maximum Gasteiger partial charge on any atom is 0.434 e. The zero-order valence-electron chi connectivity index (χ0n) is 16.3. The largest absolute Gasteiger partial charge is 0.434 e. The Balaban J connectivity index is 1.34. The molecule has 0 saturated carbocycles. The van der Waals surface area contributed by atoms with Crippen molar-refractivity contribution < 1.29 is 19.2 Å². The molecule has 2 fully saturated rings. The maximum atomic E-state index is 12.6. The third-order valence-electron chi connectivity index (χ3n) is 5.41. The van der Waals surface area contributed by atoms with Gasteiger partial charge in [0.1, 0.15) is 0 Å². The van der Waals surface area contributed by atoms with Crippen molar-refractivity contribution in [3.63, 3.8) is 0 Å². The molecule has 0 N–H and O–H groups in total. The number of hydroxylamine groups is 2. The van der Waals surface area contributed by atoms with Gasteiger partial charge in [-0.15, -0.1) is 5.06 Å². The van der Waals surface area contributed by atoms with Crippen LogP contribution < -0.4 is 4.90 Å². The first-order valence-electron chi connectivity index (χ1n) is 9.73. The van der Waals surface area contributed by atoms with Gasteiger partial charge >= 0.3 is 6.09 Å². The molecule has 150 valence electrons. The molecule has 2 aromatic rings. The molecule has 0 aliphatic carbocycles. The molecule has 1 unspecified atom stereocenters. The molecule has 0 bridgehead atoms. The number of anilines is 1. The number of piperazine rings is 1. The van der Waals surface area contributed by atoms with E-state index in [9.17, 15) is 14.4 Å². The van der Waals surface area contributed by atoms with Crippen molar-refractivity contribution in [2.45, 2.75) is 19.3 Å². The summed E-state index contributed by atoms with van der Waals surface area (Å²) in [5.41, 5.74) is 3.06. The quantitative estimate of drug-likeness (QED) is 0.750. The van der Waals surface area contributed by atoms with Gasteiger partial charge in [0, 0.05) is 38.3 Å². The predicted molar refractivity (Wildman–Crippen MR) is 107 cm³/mol. The van der Waals surface area contributed by atoms with E-state index in [-0.39, 0.29) is 6.42 Å². The van der Waals surface area contributed by atoms with Gasteiger partial charge in [-0.3, -0.25) is 9.59 Å². The number of amides is 3. The van der Waals surface area contributed by atoms with Crippen molar-refractivity contribution in [1.82, 2.24) is 9.96 Å². The standard InChI is InChI=1S/C22H23N3O4/c1-16-7-9-18(10-8-16)23-11-13-24(14-12-23)22(28)29-25-20(26)15-19(21(25)27)17-5-3-2-4-6-17/h2-10,19H,11-15H2,1H3. The molecule has 0 radical (unpaired) electrons. The Labute approximate surface area is 169 Å². The molecule has 0 aromatic heterocycles. The number of imide groups is 1. The third-order valence-corrected chi connectivity index (χ3v) is 5.41. The van der Waals surface area contributed by atoms with Gasteiger partial charge in [0.2, 0.25) is 0 Å². The van der Waals surface area contributed by atoms with Crippen LogP contribution in [0.1, 0.15) is 23.5 Å². The van der Waals surface area contributed by atoms with Crippen molar-refractivity contribution >= 4 is 23.6 Å². The molecule has 7 heteroatoms. The highest BCUT2D eigenvalue weighted by atomic mass is 16.7. The summed E-state index contributed by atoms with van der Waals surface area (Å²) in [4.78, 5) is 46.3. The first kappa shape index (κ1) is 19.0. The smallest absolute Gasteiger partial charge is 0.368 e. The van der Waals surface area contributed by atoms with Gasteiger partial charge in [-0.05, 0) is 24.6 Å². The number of nitrogens with zero attached hydrogens (tertiary/aromatic N) is 3. The Hall–Kier alpha value is -3.35. The highest BCUT2D eigenvalue weighted by Gasteiger charge is 2.43. The highest BCUT2D eigenvalue weighted by molar-refractivity contribution is 6.05. The second kappa shape index (κ2) is 7.95. The Morgan fingerprint density at radius 1 is 0.931 bits per heavy atom. The van der Waals surface area contributed by atoms with Gasteiger partial charge in [0.15, 0.2) is 0 Å². The SMILES string of the molecule is Cc1ccc(N2CCN(C(=O)ON3C(=O)CC(c4ccccc4)C3=O)CC2)cc1. The minimum atomic E-state index is -0.663. The van der Waals surface area contributed by atoms with E-state index in [4.69, 9.17) is 4.84 Å². The molecule has 0 spiro atoms. The minimum Gasteiger partial charge on any atom is -0.368 e. The first-order chi connectivity index (χ1) is 14.0. The second-order valence-electron chi connectivity index (χ2n) is 7.36. The Bertz CT molecular complexity index is 905. The van der Waals surface area contributed by atoms with Crippen LogP contribution in [0.25, 0.3) is 0 Å². The summed E-state index contributed by atoms with van der Waals surface area (Å²) in [5, 5.41) is 0.631. The molecule has 7 nitrogen and oxygen atoms in total. The van der Waals surface area contributed by atoms with Crippen molar-refractivity contribution in [3.8, 4) is 0 Å². The topological polar surface area (TPSA) is 70.2 Å². The lowest BCUT2D eigenvalue weighted by Gasteiger charge is -2.35. The molecule has 1 atom stereocenters. The fourth-order valence-electron chi connectivity index (χ4n) is 3.69. The fourth-order valence-corrected chi connectivity index (χ4v) is 3.69. The molecule has 2 aliphatic heterocycles. The van der Waals surface area contributed by atoms with Gasteiger partial charge in [-0.2, -0.15) is 0 Å². The van der Waals surface area contributed by atoms with Crippen molar-refractivity contribution in [1.29, 1.82) is 0 Å². The Morgan fingerprint density at radius 3 is 2.24 bits per heavy atom. The predicted octanol–water partition coefficient (Wildman–Crippen LogP) is 2.71. The number of hydrogen-bond acceptors (Lipinski definition) is 5. The summed E-state index contributed by atoms with van der Waals surface area (Å²) in [6.07, 6.45) is -0.652. The lowest BCUT2D eigenvalue weighted by molar-refractivity contribution is -0.174. The molecular formula is C22H23N3O4. The number of aryl methyl sites for hydroxylation is 1. The molecule has 3 amide bonds. The normalized spacial score (nSPS) is 19.6. The van der Waals surface area contributed by atoms with Gasteiger partial charge in [0.05, 0.1) is 5.92 Å². The average molecular weight is 393 g/mol. The van der Waals surface area contributed by atoms with Crippen molar-refractivity contribution in [2.24, 2.45) is 0 Å². The molecule has 2 aliphatic rings. The minimum absolute atomic E-state index is 0.0112. The van der Waals surface area contributed by atoms with Crippen LogP contribution in [0.15, 0.2) is 54.6 Å². The number of rotatable bonds is 3. The maximum absolute atomic E-state index is 12.6. The lowest BCUT2D eigenvalue weighted by Crippen LogP contribution is -2.50. The fraction of sp³-hybridized carbons (Fsp3) is 0.318. The molecular weight excluding hydrogens is 370 g/mol. The van der Waals surface area contributed by atoms with Crippen LogP contribution in [0.4, 0.5) is 10.5 Å². The van der Waals surface area contributed by atoms with E-state index in [0.717, 1.165) is 11.3 Å². The summed E-state index contributed by atoms with van der Waals surface area (Å²) in [6.45, 7) is 4.29. The van der Waals surface area contributed by atoms with Gasteiger partial charge < -0.3 is 14.6 Å². The van der Waals surface area contributed by atoms with E-state index < -0.39 is 23.8 Å². The van der Waals surface area contributed by atoms with Crippen molar-refractivity contribution in [2.75, 3.05) is 31.1 Å². The summed E-state index contributed by atoms with van der Waals surface area (Å²) in [5.74, 6) is -1.58. The molecule has 29 heavy (non-hydrogen) atoms. The van der Waals surface area contributed by atoms with Gasteiger partial charge in [-0.1, -0.05) is 48.0 Å². The Morgan fingerprint density at radius 2 is 1.59 bits per heavy atom. The monoisotopic (exact) mass is 393 g/mol. The van der Waals surface area contributed by atoms with E-state index in [1.165, 1.54) is 10.5 Å². The van der Waals surface area contributed by atoms with Gasteiger partial charge in [0.25, 0.3) is 11.8 Å². The highest BCUT2D eigenvalue weighted by Crippen LogP contribution is 2.30.